The summed E-state index contributed by atoms with van der Waals surface area (Å²) in [5.74, 6) is 0. The Hall–Kier alpha value is -0.580. The maximum Gasteiger partial charge on any atom is 0.112 e. The molecule has 0 saturated carbocycles. The van der Waals surface area contributed by atoms with Gasteiger partial charge in [0, 0.05) is 0 Å². The van der Waals surface area contributed by atoms with E-state index in [1.807, 2.05) is 13.0 Å². The highest BCUT2D eigenvalue weighted by Crippen LogP contribution is 2.28. The number of rotatable bonds is 3. The van der Waals surface area contributed by atoms with Crippen molar-refractivity contribution in [1.82, 2.24) is 0 Å². The molecule has 0 radical (unpaired) electrons. The zero-order chi connectivity index (χ0) is 14.0. The van der Waals surface area contributed by atoms with E-state index in [0.29, 0.717) is 16.5 Å². The SMILES string of the molecule is CC[C@@H]1O[C@H](/C=C/c2cccc(Cl)c2Cl)[C@@H](O)[C@H]1O. The first kappa shape index (κ1) is 14.8. The van der Waals surface area contributed by atoms with Crippen LogP contribution in [0.2, 0.25) is 10.0 Å². The minimum Gasteiger partial charge on any atom is -0.388 e. The molecular formula is C14H16Cl2O3. The Kier molecular flexibility index (Phi) is 4.87. The minimum atomic E-state index is -0.917. The molecule has 1 aromatic carbocycles. The second kappa shape index (κ2) is 6.25. The molecule has 104 valence electrons. The van der Waals surface area contributed by atoms with Crippen LogP contribution in [0.4, 0.5) is 0 Å². The summed E-state index contributed by atoms with van der Waals surface area (Å²) in [6.45, 7) is 1.90. The van der Waals surface area contributed by atoms with Crippen LogP contribution in [-0.2, 0) is 4.74 Å². The van der Waals surface area contributed by atoms with Crippen molar-refractivity contribution >= 4 is 29.3 Å². The van der Waals surface area contributed by atoms with E-state index < -0.39 is 18.3 Å². The number of ether oxygens (including phenoxy) is 1. The van der Waals surface area contributed by atoms with E-state index in [1.54, 1.807) is 24.3 Å². The first-order valence-corrected chi connectivity index (χ1v) is 6.94. The molecule has 4 atom stereocenters. The summed E-state index contributed by atoms with van der Waals surface area (Å²) >= 11 is 12.0. The summed E-state index contributed by atoms with van der Waals surface area (Å²) in [4.78, 5) is 0. The predicted molar refractivity (Wildman–Crippen MR) is 76.5 cm³/mol. The summed E-state index contributed by atoms with van der Waals surface area (Å²) in [6.07, 6.45) is 1.46. The second-order valence-corrected chi connectivity index (χ2v) is 5.32. The van der Waals surface area contributed by atoms with Gasteiger partial charge < -0.3 is 14.9 Å². The quantitative estimate of drug-likeness (QED) is 0.902. The van der Waals surface area contributed by atoms with E-state index in [4.69, 9.17) is 27.9 Å². The average molecular weight is 303 g/mol. The van der Waals surface area contributed by atoms with Crippen LogP contribution in [0, 0.1) is 0 Å². The van der Waals surface area contributed by atoms with Gasteiger partial charge in [-0.05, 0) is 18.1 Å². The van der Waals surface area contributed by atoms with Gasteiger partial charge in [-0.25, -0.2) is 0 Å². The van der Waals surface area contributed by atoms with Crippen molar-refractivity contribution in [3.63, 3.8) is 0 Å². The van der Waals surface area contributed by atoms with E-state index in [-0.39, 0.29) is 6.10 Å². The number of hydrogen-bond donors (Lipinski definition) is 2. The number of aliphatic hydroxyl groups is 2. The fourth-order valence-electron chi connectivity index (χ4n) is 2.12. The lowest BCUT2D eigenvalue weighted by Crippen LogP contribution is -2.31. The molecule has 19 heavy (non-hydrogen) atoms. The maximum absolute atomic E-state index is 9.88. The molecule has 0 amide bonds. The van der Waals surface area contributed by atoms with Crippen LogP contribution in [-0.4, -0.2) is 34.6 Å². The largest absolute Gasteiger partial charge is 0.388 e. The van der Waals surface area contributed by atoms with Gasteiger partial charge in [0.2, 0.25) is 0 Å². The minimum absolute atomic E-state index is 0.334. The molecule has 0 bridgehead atoms. The Labute approximate surface area is 122 Å². The second-order valence-electron chi connectivity index (χ2n) is 4.53. The van der Waals surface area contributed by atoms with Crippen LogP contribution < -0.4 is 0 Å². The highest BCUT2D eigenvalue weighted by molar-refractivity contribution is 6.42. The number of hydrogen-bond acceptors (Lipinski definition) is 3. The van der Waals surface area contributed by atoms with Crippen molar-refractivity contribution in [3.8, 4) is 0 Å². The molecule has 1 aromatic rings. The molecule has 0 unspecified atom stereocenters. The van der Waals surface area contributed by atoms with Crippen molar-refractivity contribution in [2.45, 2.75) is 37.8 Å². The van der Waals surface area contributed by atoms with E-state index in [0.717, 1.165) is 5.56 Å². The molecule has 0 spiro atoms. The molecule has 1 aliphatic rings. The van der Waals surface area contributed by atoms with Crippen LogP contribution in [0.15, 0.2) is 24.3 Å². The number of halogens is 2. The van der Waals surface area contributed by atoms with Gasteiger partial charge in [-0.1, -0.05) is 54.4 Å². The smallest absolute Gasteiger partial charge is 0.112 e. The summed E-state index contributed by atoms with van der Waals surface area (Å²) in [5.41, 5.74) is 0.749. The molecule has 1 saturated heterocycles. The lowest BCUT2D eigenvalue weighted by molar-refractivity contribution is 0.0195. The Bertz CT molecular complexity index is 476. The van der Waals surface area contributed by atoms with Gasteiger partial charge in [0.25, 0.3) is 0 Å². The molecule has 1 aliphatic heterocycles. The lowest BCUT2D eigenvalue weighted by Gasteiger charge is -2.11. The van der Waals surface area contributed by atoms with Crippen LogP contribution >= 0.6 is 23.2 Å². The molecule has 2 rings (SSSR count). The van der Waals surface area contributed by atoms with E-state index >= 15 is 0 Å². The molecule has 2 N–H and O–H groups in total. The first-order valence-electron chi connectivity index (χ1n) is 6.18. The summed E-state index contributed by atoms with van der Waals surface area (Å²) in [7, 11) is 0. The first-order chi connectivity index (χ1) is 9.04. The standard InChI is InChI=1S/C14H16Cl2O3/c1-2-10-13(17)14(18)11(19-10)7-6-8-4-3-5-9(15)12(8)16/h3-7,10-11,13-14,17-18H,2H2,1H3/b7-6+/t10-,11+,13-,14+/m0/s1. The average Bonchev–Trinajstić information content (AvgIpc) is 2.68. The number of aliphatic hydroxyl groups excluding tert-OH is 2. The fraction of sp³-hybridized carbons (Fsp3) is 0.429. The topological polar surface area (TPSA) is 49.7 Å². The van der Waals surface area contributed by atoms with Crippen molar-refractivity contribution in [2.24, 2.45) is 0 Å². The van der Waals surface area contributed by atoms with E-state index in [1.165, 1.54) is 0 Å². The van der Waals surface area contributed by atoms with Gasteiger partial charge in [-0.3, -0.25) is 0 Å². The normalized spacial score (nSPS) is 31.2. The van der Waals surface area contributed by atoms with Crippen molar-refractivity contribution < 1.29 is 14.9 Å². The fourth-order valence-corrected chi connectivity index (χ4v) is 2.49. The lowest BCUT2D eigenvalue weighted by atomic mass is 10.1. The summed E-state index contributed by atoms with van der Waals surface area (Å²) in [6, 6.07) is 5.32. The van der Waals surface area contributed by atoms with Crippen LogP contribution in [0.5, 0.6) is 0 Å². The van der Waals surface area contributed by atoms with E-state index in [9.17, 15) is 10.2 Å². The Morgan fingerprint density at radius 3 is 2.63 bits per heavy atom. The molecule has 1 fully saturated rings. The van der Waals surface area contributed by atoms with Crippen LogP contribution in [0.3, 0.4) is 0 Å². The zero-order valence-corrected chi connectivity index (χ0v) is 12.0. The molecule has 0 aliphatic carbocycles. The molecule has 3 nitrogen and oxygen atoms in total. The zero-order valence-electron chi connectivity index (χ0n) is 10.5. The third-order valence-corrected chi connectivity index (χ3v) is 4.08. The van der Waals surface area contributed by atoms with Gasteiger partial charge >= 0.3 is 0 Å². The monoisotopic (exact) mass is 302 g/mol. The molecule has 1 heterocycles. The van der Waals surface area contributed by atoms with Crippen LogP contribution in [0.1, 0.15) is 18.9 Å². The number of benzene rings is 1. The predicted octanol–water partition coefficient (Wildman–Crippen LogP) is 2.91. The Morgan fingerprint density at radius 1 is 1.26 bits per heavy atom. The highest BCUT2D eigenvalue weighted by Gasteiger charge is 2.40. The van der Waals surface area contributed by atoms with Crippen molar-refractivity contribution in [3.05, 3.63) is 39.9 Å². The molecule has 0 aromatic heterocycles. The van der Waals surface area contributed by atoms with E-state index in [2.05, 4.69) is 0 Å². The molecule has 5 heteroatoms. The third kappa shape index (κ3) is 3.12. The van der Waals surface area contributed by atoms with Crippen molar-refractivity contribution in [1.29, 1.82) is 0 Å². The highest BCUT2D eigenvalue weighted by atomic mass is 35.5. The third-order valence-electron chi connectivity index (χ3n) is 3.25. The summed E-state index contributed by atoms with van der Waals surface area (Å²) in [5, 5.41) is 20.6. The van der Waals surface area contributed by atoms with Crippen molar-refractivity contribution in [2.75, 3.05) is 0 Å². The maximum atomic E-state index is 9.88. The Balaban J connectivity index is 2.13. The summed E-state index contributed by atoms with van der Waals surface area (Å²) < 4.78 is 5.56. The van der Waals surface area contributed by atoms with Crippen LogP contribution in [0.25, 0.3) is 6.08 Å². The van der Waals surface area contributed by atoms with Gasteiger partial charge in [-0.2, -0.15) is 0 Å². The van der Waals surface area contributed by atoms with Gasteiger partial charge in [0.15, 0.2) is 0 Å². The van der Waals surface area contributed by atoms with Gasteiger partial charge in [-0.15, -0.1) is 0 Å². The van der Waals surface area contributed by atoms with Gasteiger partial charge in [0.05, 0.1) is 16.1 Å². The Morgan fingerprint density at radius 2 is 2.00 bits per heavy atom. The molecular weight excluding hydrogens is 287 g/mol. The van der Waals surface area contributed by atoms with Gasteiger partial charge in [0.1, 0.15) is 18.3 Å².